The van der Waals surface area contributed by atoms with Crippen molar-refractivity contribution in [3.05, 3.63) is 24.0 Å². The van der Waals surface area contributed by atoms with Crippen molar-refractivity contribution in [2.45, 2.75) is 51.5 Å². The molecule has 0 spiro atoms. The summed E-state index contributed by atoms with van der Waals surface area (Å²) in [4.78, 5) is 0. The highest BCUT2D eigenvalue weighted by Gasteiger charge is 2.22. The minimum atomic E-state index is -0.268. The molecule has 0 aromatic heterocycles. The van der Waals surface area contributed by atoms with Crippen LogP contribution in [0.5, 0.6) is 0 Å². The zero-order valence-electron chi connectivity index (χ0n) is 11.1. The van der Waals surface area contributed by atoms with Crippen LogP contribution in [0.1, 0.15) is 45.4 Å². The zero-order valence-corrected chi connectivity index (χ0v) is 11.1. The van der Waals surface area contributed by atoms with E-state index >= 15 is 0 Å². The largest absolute Gasteiger partial charge is 0.399 e. The summed E-state index contributed by atoms with van der Waals surface area (Å²) in [6, 6.07) is 5.13. The van der Waals surface area contributed by atoms with E-state index in [0.29, 0.717) is 17.6 Å². The van der Waals surface area contributed by atoms with Crippen LogP contribution < -0.4 is 11.1 Å². The molecule has 2 rings (SSSR count). The maximum absolute atomic E-state index is 13.3. The van der Waals surface area contributed by atoms with Crippen molar-refractivity contribution in [2.24, 2.45) is 5.92 Å². The van der Waals surface area contributed by atoms with Crippen LogP contribution in [0.25, 0.3) is 0 Å². The van der Waals surface area contributed by atoms with Gasteiger partial charge in [-0.15, -0.1) is 0 Å². The molecule has 0 aliphatic heterocycles. The van der Waals surface area contributed by atoms with Gasteiger partial charge in [0.1, 0.15) is 5.82 Å². The average molecular weight is 250 g/mol. The monoisotopic (exact) mass is 250 g/mol. The molecule has 0 amide bonds. The normalized spacial score (nSPS) is 18.6. The fourth-order valence-corrected chi connectivity index (χ4v) is 3.00. The topological polar surface area (TPSA) is 38.0 Å². The molecule has 1 fully saturated rings. The summed E-state index contributed by atoms with van der Waals surface area (Å²) >= 11 is 0. The minimum absolute atomic E-state index is 0.268. The third-order valence-electron chi connectivity index (χ3n) is 3.93. The number of rotatable bonds is 4. The molecule has 2 nitrogen and oxygen atoms in total. The predicted octanol–water partition coefficient (Wildman–Crippen LogP) is 4.18. The van der Waals surface area contributed by atoms with Gasteiger partial charge in [-0.25, -0.2) is 4.39 Å². The maximum Gasteiger partial charge on any atom is 0.127 e. The van der Waals surface area contributed by atoms with Gasteiger partial charge in [-0.1, -0.05) is 26.2 Å². The van der Waals surface area contributed by atoms with Crippen LogP contribution in [0.4, 0.5) is 15.8 Å². The van der Waals surface area contributed by atoms with Crippen LogP contribution in [0.15, 0.2) is 18.2 Å². The Morgan fingerprint density at radius 2 is 2.00 bits per heavy atom. The van der Waals surface area contributed by atoms with Gasteiger partial charge in [-0.2, -0.15) is 0 Å². The number of nitrogens with one attached hydrogen (secondary N) is 1. The highest BCUT2D eigenvalue weighted by Crippen LogP contribution is 2.30. The lowest BCUT2D eigenvalue weighted by molar-refractivity contribution is 0.313. The number of hydrogen-bond acceptors (Lipinski definition) is 2. The molecule has 1 atom stereocenters. The number of nitrogens with two attached hydrogens (primary N) is 1. The third-order valence-corrected chi connectivity index (χ3v) is 3.93. The van der Waals surface area contributed by atoms with Gasteiger partial charge in [0.15, 0.2) is 0 Å². The Morgan fingerprint density at radius 1 is 1.28 bits per heavy atom. The second-order valence-electron chi connectivity index (χ2n) is 5.33. The van der Waals surface area contributed by atoms with Gasteiger partial charge in [0, 0.05) is 17.4 Å². The van der Waals surface area contributed by atoms with Gasteiger partial charge in [0.2, 0.25) is 0 Å². The molecule has 1 aliphatic rings. The Morgan fingerprint density at radius 3 is 2.61 bits per heavy atom. The lowest BCUT2D eigenvalue weighted by Crippen LogP contribution is -2.30. The maximum atomic E-state index is 13.3. The number of anilines is 2. The van der Waals surface area contributed by atoms with Crippen molar-refractivity contribution in [1.82, 2.24) is 0 Å². The first kappa shape index (κ1) is 13.2. The van der Waals surface area contributed by atoms with Crippen molar-refractivity contribution in [3.8, 4) is 0 Å². The molecule has 1 aliphatic carbocycles. The smallest absolute Gasteiger partial charge is 0.127 e. The first-order valence-electron chi connectivity index (χ1n) is 7.01. The van der Waals surface area contributed by atoms with Crippen LogP contribution in [0, 0.1) is 11.7 Å². The second-order valence-corrected chi connectivity index (χ2v) is 5.33. The number of hydrogen-bond donors (Lipinski definition) is 2. The SMILES string of the molecule is CCC(Nc1cc(N)cc(F)c1)C1CCCCC1. The van der Waals surface area contributed by atoms with E-state index < -0.39 is 0 Å². The van der Waals surface area contributed by atoms with Crippen molar-refractivity contribution < 1.29 is 4.39 Å². The molecule has 18 heavy (non-hydrogen) atoms. The first-order chi connectivity index (χ1) is 8.69. The van der Waals surface area contributed by atoms with E-state index in [0.717, 1.165) is 12.1 Å². The summed E-state index contributed by atoms with van der Waals surface area (Å²) in [5.74, 6) is 0.448. The summed E-state index contributed by atoms with van der Waals surface area (Å²) < 4.78 is 13.3. The molecule has 0 heterocycles. The Balaban J connectivity index is 2.04. The van der Waals surface area contributed by atoms with Gasteiger partial charge in [0.05, 0.1) is 0 Å². The van der Waals surface area contributed by atoms with Gasteiger partial charge in [-0.3, -0.25) is 0 Å². The molecule has 0 radical (unpaired) electrons. The van der Waals surface area contributed by atoms with Crippen molar-refractivity contribution in [3.63, 3.8) is 0 Å². The summed E-state index contributed by atoms with van der Waals surface area (Å²) in [6.45, 7) is 2.19. The van der Waals surface area contributed by atoms with Crippen LogP contribution in [0.2, 0.25) is 0 Å². The third kappa shape index (κ3) is 3.37. The second kappa shape index (κ2) is 6.07. The summed E-state index contributed by atoms with van der Waals surface area (Å²) in [5, 5.41) is 3.46. The van der Waals surface area contributed by atoms with Crippen LogP contribution in [-0.2, 0) is 0 Å². The number of halogens is 1. The molecular weight excluding hydrogens is 227 g/mol. The Hall–Kier alpha value is -1.25. The van der Waals surface area contributed by atoms with Crippen LogP contribution in [-0.4, -0.2) is 6.04 Å². The highest BCUT2D eigenvalue weighted by molar-refractivity contribution is 5.55. The molecule has 1 unspecified atom stereocenters. The standard InChI is InChI=1S/C15H23FN2/c1-2-15(11-6-4-3-5-7-11)18-14-9-12(16)8-13(17)10-14/h8-11,15,18H,2-7,17H2,1H3. The molecule has 0 saturated heterocycles. The van der Waals surface area contributed by atoms with Crippen molar-refractivity contribution in [1.29, 1.82) is 0 Å². The van der Waals surface area contributed by atoms with Gasteiger partial charge < -0.3 is 11.1 Å². The van der Waals surface area contributed by atoms with E-state index in [1.165, 1.54) is 44.2 Å². The van der Waals surface area contributed by atoms with Crippen LogP contribution in [0.3, 0.4) is 0 Å². The quantitative estimate of drug-likeness (QED) is 0.787. The number of nitrogen functional groups attached to an aromatic ring is 1. The summed E-state index contributed by atoms with van der Waals surface area (Å²) in [7, 11) is 0. The molecule has 0 bridgehead atoms. The van der Waals surface area contributed by atoms with E-state index in [9.17, 15) is 4.39 Å². The van der Waals surface area contributed by atoms with E-state index in [1.807, 2.05) is 6.07 Å². The van der Waals surface area contributed by atoms with Crippen molar-refractivity contribution >= 4 is 11.4 Å². The van der Waals surface area contributed by atoms with Gasteiger partial charge in [-0.05, 0) is 43.4 Å². The predicted molar refractivity (Wildman–Crippen MR) is 75.1 cm³/mol. The Kier molecular flexibility index (Phi) is 4.45. The van der Waals surface area contributed by atoms with Gasteiger partial charge >= 0.3 is 0 Å². The Labute approximate surface area is 109 Å². The summed E-state index contributed by atoms with van der Waals surface area (Å²) in [5.41, 5.74) is 6.97. The highest BCUT2D eigenvalue weighted by atomic mass is 19.1. The average Bonchev–Trinajstić information content (AvgIpc) is 2.36. The van der Waals surface area contributed by atoms with Gasteiger partial charge in [0.25, 0.3) is 0 Å². The van der Waals surface area contributed by atoms with E-state index in [2.05, 4.69) is 12.2 Å². The zero-order chi connectivity index (χ0) is 13.0. The summed E-state index contributed by atoms with van der Waals surface area (Å²) in [6.07, 6.45) is 7.66. The molecule has 1 aromatic rings. The van der Waals surface area contributed by atoms with E-state index in [1.54, 1.807) is 0 Å². The molecule has 1 aromatic carbocycles. The molecular formula is C15H23FN2. The Bertz CT molecular complexity index is 366. The molecule has 100 valence electrons. The van der Waals surface area contributed by atoms with Crippen molar-refractivity contribution in [2.75, 3.05) is 11.1 Å². The lowest BCUT2D eigenvalue weighted by atomic mass is 9.83. The minimum Gasteiger partial charge on any atom is -0.399 e. The van der Waals surface area contributed by atoms with E-state index in [-0.39, 0.29) is 5.82 Å². The number of benzene rings is 1. The van der Waals surface area contributed by atoms with Crippen LogP contribution >= 0.6 is 0 Å². The fourth-order valence-electron chi connectivity index (χ4n) is 3.00. The first-order valence-corrected chi connectivity index (χ1v) is 7.01. The van der Waals surface area contributed by atoms with E-state index in [4.69, 9.17) is 5.73 Å². The molecule has 3 heteroatoms. The lowest BCUT2D eigenvalue weighted by Gasteiger charge is -2.31. The fraction of sp³-hybridized carbons (Fsp3) is 0.600. The molecule has 3 N–H and O–H groups in total. The molecule has 1 saturated carbocycles.